The second kappa shape index (κ2) is 14.4. The fourth-order valence-corrected chi connectivity index (χ4v) is 13.2. The van der Waals surface area contributed by atoms with Crippen LogP contribution >= 0.6 is 0 Å². The van der Waals surface area contributed by atoms with Gasteiger partial charge in [-0.15, -0.1) is 0 Å². The molecule has 69 heavy (non-hydrogen) atoms. The van der Waals surface area contributed by atoms with Gasteiger partial charge in [0.15, 0.2) is 0 Å². The van der Waals surface area contributed by atoms with Crippen molar-refractivity contribution in [3.05, 3.63) is 275 Å². The quantitative estimate of drug-likeness (QED) is 0.164. The lowest BCUT2D eigenvalue weighted by Gasteiger charge is -2.33. The molecule has 0 bridgehead atoms. The van der Waals surface area contributed by atoms with Crippen LogP contribution in [0.15, 0.2) is 231 Å². The lowest BCUT2D eigenvalue weighted by molar-refractivity contribution is 0.660. The summed E-state index contributed by atoms with van der Waals surface area (Å²) in [5.74, 6) is 0. The predicted octanol–water partition coefficient (Wildman–Crippen LogP) is 17.6. The highest BCUT2D eigenvalue weighted by Gasteiger charge is 2.53. The van der Waals surface area contributed by atoms with Crippen molar-refractivity contribution in [3.8, 4) is 44.5 Å². The van der Waals surface area contributed by atoms with E-state index < -0.39 is 5.41 Å². The molecule has 0 amide bonds. The van der Waals surface area contributed by atoms with E-state index in [0.717, 1.165) is 22.7 Å². The van der Waals surface area contributed by atoms with E-state index in [4.69, 9.17) is 0 Å². The minimum absolute atomic E-state index is 0.136. The molecule has 0 unspecified atom stereocenters. The third-order valence-corrected chi connectivity index (χ3v) is 16.3. The molecular weight excluding hydrogens is 833 g/mol. The van der Waals surface area contributed by atoms with Crippen LogP contribution in [0.5, 0.6) is 0 Å². The van der Waals surface area contributed by atoms with Crippen molar-refractivity contribution in [2.24, 2.45) is 0 Å². The van der Waals surface area contributed by atoms with Crippen molar-refractivity contribution >= 4 is 34.1 Å². The standard InChI is InChI=1S/C67H50N2/c1-65(2)53-29-15-11-25-47(53)49-39-37-45(41-59(49)65)68(43-21-7-5-8-22-43)61-35-19-33-57-63(61)51-27-13-17-31-55(51)67(57)56-32-18-14-28-52(56)64-58(67)34-20-36-62(64)69(44-23-9-6-10-24-44)46-38-40-50-48-26-12-16-30-54(48)66(3,4)60(50)42-46/h5-42H,1-4H3. The van der Waals surface area contributed by atoms with Crippen molar-refractivity contribution in [1.29, 1.82) is 0 Å². The molecule has 2 nitrogen and oxygen atoms in total. The van der Waals surface area contributed by atoms with Gasteiger partial charge < -0.3 is 9.80 Å². The van der Waals surface area contributed by atoms with Gasteiger partial charge in [-0.3, -0.25) is 0 Å². The highest BCUT2D eigenvalue weighted by molar-refractivity contribution is 6.04. The molecular formula is C67H50N2. The largest absolute Gasteiger partial charge is 0.310 e. The highest BCUT2D eigenvalue weighted by atomic mass is 15.2. The Bertz CT molecular complexity index is 3500. The van der Waals surface area contributed by atoms with Gasteiger partial charge in [0.2, 0.25) is 0 Å². The number of rotatable bonds is 6. The molecule has 0 N–H and O–H groups in total. The summed E-state index contributed by atoms with van der Waals surface area (Å²) in [5.41, 5.74) is 27.2. The summed E-state index contributed by atoms with van der Waals surface area (Å²) in [7, 11) is 0. The maximum Gasteiger partial charge on any atom is 0.0727 e. The van der Waals surface area contributed by atoms with Gasteiger partial charge >= 0.3 is 0 Å². The summed E-state index contributed by atoms with van der Waals surface area (Å²) in [6.45, 7) is 9.50. The van der Waals surface area contributed by atoms with Crippen LogP contribution in [0.25, 0.3) is 44.5 Å². The summed E-state index contributed by atoms with van der Waals surface area (Å²) in [6, 6.07) is 86.7. The Balaban J connectivity index is 1.01. The number of fused-ring (bicyclic) bond motifs is 16. The zero-order valence-corrected chi connectivity index (χ0v) is 39.3. The normalized spacial score (nSPS) is 15.0. The van der Waals surface area contributed by atoms with Crippen molar-refractivity contribution in [2.45, 2.75) is 43.9 Å². The molecule has 0 aliphatic heterocycles. The third-order valence-electron chi connectivity index (χ3n) is 16.3. The molecule has 10 aromatic rings. The molecule has 0 atom stereocenters. The minimum Gasteiger partial charge on any atom is -0.310 e. The lowest BCUT2D eigenvalue weighted by atomic mass is 9.70. The van der Waals surface area contributed by atoms with Crippen LogP contribution < -0.4 is 9.80 Å². The first-order valence-corrected chi connectivity index (χ1v) is 24.4. The van der Waals surface area contributed by atoms with Crippen LogP contribution in [0.1, 0.15) is 72.2 Å². The van der Waals surface area contributed by atoms with E-state index in [2.05, 4.69) is 268 Å². The second-order valence-electron chi connectivity index (χ2n) is 20.4. The Morgan fingerprint density at radius 3 is 1.00 bits per heavy atom. The number of nitrogens with zero attached hydrogens (tertiary/aromatic N) is 2. The molecule has 0 heterocycles. The number of hydrogen-bond donors (Lipinski definition) is 0. The molecule has 0 aromatic heterocycles. The van der Waals surface area contributed by atoms with Crippen LogP contribution in [0, 0.1) is 0 Å². The highest BCUT2D eigenvalue weighted by Crippen LogP contribution is 2.67. The fraction of sp³-hybridized carbons (Fsp3) is 0.104. The Hall–Kier alpha value is -8.20. The van der Waals surface area contributed by atoms with Crippen LogP contribution in [0.4, 0.5) is 34.1 Å². The van der Waals surface area contributed by atoms with Gasteiger partial charge in [-0.25, -0.2) is 0 Å². The number of anilines is 6. The van der Waals surface area contributed by atoms with E-state index in [-0.39, 0.29) is 10.8 Å². The van der Waals surface area contributed by atoms with Gasteiger partial charge in [0.05, 0.1) is 16.8 Å². The van der Waals surface area contributed by atoms with Crippen molar-refractivity contribution < 1.29 is 0 Å². The molecule has 328 valence electrons. The Morgan fingerprint density at radius 2 is 0.580 bits per heavy atom. The van der Waals surface area contributed by atoms with Crippen LogP contribution in [-0.4, -0.2) is 0 Å². The first-order valence-electron chi connectivity index (χ1n) is 24.4. The van der Waals surface area contributed by atoms with Crippen LogP contribution in [0.2, 0.25) is 0 Å². The average molecular weight is 883 g/mol. The van der Waals surface area contributed by atoms with E-state index >= 15 is 0 Å². The number of benzene rings is 10. The van der Waals surface area contributed by atoms with Gasteiger partial charge in [0, 0.05) is 44.7 Å². The lowest BCUT2D eigenvalue weighted by Crippen LogP contribution is -2.26. The van der Waals surface area contributed by atoms with Gasteiger partial charge in [0.25, 0.3) is 0 Å². The van der Waals surface area contributed by atoms with E-state index in [1.54, 1.807) is 0 Å². The summed E-state index contributed by atoms with van der Waals surface area (Å²) < 4.78 is 0. The first kappa shape index (κ1) is 39.9. The van der Waals surface area contributed by atoms with E-state index in [0.29, 0.717) is 0 Å². The average Bonchev–Trinajstić information content (AvgIpc) is 4.03. The summed E-state index contributed by atoms with van der Waals surface area (Å²) in [4.78, 5) is 5.02. The molecule has 0 saturated heterocycles. The Kier molecular flexibility index (Phi) is 8.33. The fourth-order valence-electron chi connectivity index (χ4n) is 13.2. The van der Waals surface area contributed by atoms with E-state index in [9.17, 15) is 0 Å². The maximum absolute atomic E-state index is 2.51. The topological polar surface area (TPSA) is 6.48 Å². The summed E-state index contributed by atoms with van der Waals surface area (Å²) >= 11 is 0. The zero-order chi connectivity index (χ0) is 46.2. The van der Waals surface area contributed by atoms with Gasteiger partial charge in [0.1, 0.15) is 0 Å². The second-order valence-corrected chi connectivity index (χ2v) is 20.4. The molecule has 14 rings (SSSR count). The molecule has 4 aliphatic carbocycles. The summed E-state index contributed by atoms with van der Waals surface area (Å²) in [6.07, 6.45) is 0. The third kappa shape index (κ3) is 5.32. The number of para-hydroxylation sites is 2. The minimum atomic E-state index is -0.572. The Labute approximate surface area is 405 Å². The van der Waals surface area contributed by atoms with E-state index in [1.807, 2.05) is 0 Å². The molecule has 2 heteroatoms. The molecule has 1 spiro atoms. The maximum atomic E-state index is 2.51. The molecule has 0 radical (unpaired) electrons. The molecule has 0 fully saturated rings. The van der Waals surface area contributed by atoms with Crippen LogP contribution in [0.3, 0.4) is 0 Å². The SMILES string of the molecule is CC1(C)c2ccccc2-c2ccc(N(c3ccccc3)c3cccc4c3-c3ccccc3C43c4ccccc4-c4c(N(c5ccccc5)c5ccc6c(c5)C(C)(C)c5ccccc5-6)cccc43)cc21. The van der Waals surface area contributed by atoms with Gasteiger partial charge in [-0.05, 0) is 139 Å². The van der Waals surface area contributed by atoms with Crippen molar-refractivity contribution in [2.75, 3.05) is 9.80 Å². The predicted molar refractivity (Wildman–Crippen MR) is 287 cm³/mol. The summed E-state index contributed by atoms with van der Waals surface area (Å²) in [5, 5.41) is 0. The van der Waals surface area contributed by atoms with Crippen LogP contribution in [-0.2, 0) is 16.2 Å². The monoisotopic (exact) mass is 882 g/mol. The van der Waals surface area contributed by atoms with Crippen molar-refractivity contribution in [3.63, 3.8) is 0 Å². The molecule has 10 aromatic carbocycles. The zero-order valence-electron chi connectivity index (χ0n) is 39.3. The molecule has 4 aliphatic rings. The van der Waals surface area contributed by atoms with Crippen molar-refractivity contribution in [1.82, 2.24) is 0 Å². The van der Waals surface area contributed by atoms with E-state index in [1.165, 1.54) is 100 Å². The Morgan fingerprint density at radius 1 is 0.246 bits per heavy atom. The van der Waals surface area contributed by atoms with Gasteiger partial charge in [-0.1, -0.05) is 198 Å². The number of hydrogen-bond acceptors (Lipinski definition) is 2. The van der Waals surface area contributed by atoms with Gasteiger partial charge in [-0.2, -0.15) is 0 Å². The first-order chi connectivity index (χ1) is 33.8. The smallest absolute Gasteiger partial charge is 0.0727 e. The molecule has 0 saturated carbocycles.